The molecule has 1 saturated carbocycles. The molecule has 1 aliphatic heterocycles. The predicted molar refractivity (Wildman–Crippen MR) is 136 cm³/mol. The molecule has 1 aliphatic carbocycles. The van der Waals surface area contributed by atoms with Crippen LogP contribution >= 0.6 is 11.6 Å². The van der Waals surface area contributed by atoms with Gasteiger partial charge in [-0.15, -0.1) is 0 Å². The maximum atomic E-state index is 12.9. The number of benzene rings is 2. The Balaban J connectivity index is 1.67. The summed E-state index contributed by atoms with van der Waals surface area (Å²) in [6, 6.07) is 10.7. The van der Waals surface area contributed by atoms with E-state index in [1.54, 1.807) is 31.3 Å². The number of carbonyl (C=O) groups excluding carboxylic acids is 1. The number of hydrogen-bond acceptors (Lipinski definition) is 6. The molecule has 0 unspecified atom stereocenters. The number of halogens is 1. The van der Waals surface area contributed by atoms with Crippen molar-refractivity contribution in [2.24, 2.45) is 5.73 Å². The van der Waals surface area contributed by atoms with E-state index in [1.165, 1.54) is 0 Å². The van der Waals surface area contributed by atoms with E-state index in [0.717, 1.165) is 48.8 Å². The zero-order chi connectivity index (χ0) is 24.5. The molecule has 2 aromatic carbocycles. The van der Waals surface area contributed by atoms with Gasteiger partial charge in [0.2, 0.25) is 10.0 Å². The second-order valence-electron chi connectivity index (χ2n) is 8.99. The number of nitrogens with one attached hydrogen (secondary N) is 2. The summed E-state index contributed by atoms with van der Waals surface area (Å²) in [5.41, 5.74) is 10.2. The van der Waals surface area contributed by atoms with Gasteiger partial charge in [0, 0.05) is 22.8 Å². The molecule has 1 heterocycles. The van der Waals surface area contributed by atoms with E-state index < -0.39 is 21.6 Å². The summed E-state index contributed by atoms with van der Waals surface area (Å²) in [5.74, 6) is -0.430. The maximum Gasteiger partial charge on any atom is 0.341 e. The van der Waals surface area contributed by atoms with Crippen LogP contribution < -0.4 is 15.8 Å². The molecule has 9 heteroatoms. The zero-order valence-corrected chi connectivity index (χ0v) is 21.0. The lowest BCUT2D eigenvalue weighted by molar-refractivity contribution is -0.147. The van der Waals surface area contributed by atoms with Crippen LogP contribution in [0.3, 0.4) is 0 Å². The number of aryl methyl sites for hydroxylation is 1. The van der Waals surface area contributed by atoms with Crippen LogP contribution in [0.2, 0.25) is 5.02 Å². The molecule has 2 aliphatic rings. The number of hydrogen-bond donors (Lipinski definition) is 3. The van der Waals surface area contributed by atoms with E-state index in [1.807, 2.05) is 19.1 Å². The molecule has 1 fully saturated rings. The first kappa shape index (κ1) is 24.6. The number of anilines is 1. The highest BCUT2D eigenvalue weighted by molar-refractivity contribution is 7.92. The number of nitrogens with two attached hydrogens (primary N) is 1. The summed E-state index contributed by atoms with van der Waals surface area (Å²) in [6.45, 7) is 2.25. The second kappa shape index (κ2) is 9.60. The first-order valence-corrected chi connectivity index (χ1v) is 13.5. The minimum atomic E-state index is -3.47. The minimum Gasteiger partial charge on any atom is -0.449 e. The summed E-state index contributed by atoms with van der Waals surface area (Å²) in [7, 11) is -1.77. The van der Waals surface area contributed by atoms with Crippen molar-refractivity contribution in [3.8, 4) is 11.1 Å². The molecular weight excluding hydrogens is 474 g/mol. The van der Waals surface area contributed by atoms with Gasteiger partial charge in [-0.2, -0.15) is 0 Å². The van der Waals surface area contributed by atoms with Crippen molar-refractivity contribution < 1.29 is 17.9 Å². The Morgan fingerprint density at radius 3 is 2.56 bits per heavy atom. The Morgan fingerprint density at radius 1 is 1.12 bits per heavy atom. The van der Waals surface area contributed by atoms with Gasteiger partial charge in [0.05, 0.1) is 17.0 Å². The van der Waals surface area contributed by atoms with Gasteiger partial charge in [-0.3, -0.25) is 4.72 Å². The summed E-state index contributed by atoms with van der Waals surface area (Å²) >= 11 is 6.68. The molecule has 34 heavy (non-hydrogen) atoms. The van der Waals surface area contributed by atoms with Crippen molar-refractivity contribution >= 4 is 38.9 Å². The number of rotatable bonds is 7. The summed E-state index contributed by atoms with van der Waals surface area (Å²) in [5, 5.41) is 3.27. The molecule has 4 N–H and O–H groups in total. The van der Waals surface area contributed by atoms with Crippen molar-refractivity contribution in [2.75, 3.05) is 24.1 Å². The average molecular weight is 504 g/mol. The van der Waals surface area contributed by atoms with Crippen molar-refractivity contribution in [1.82, 2.24) is 5.32 Å². The Morgan fingerprint density at radius 2 is 1.85 bits per heavy atom. The smallest absolute Gasteiger partial charge is 0.341 e. The lowest BCUT2D eigenvalue weighted by atomic mass is 9.81. The summed E-state index contributed by atoms with van der Waals surface area (Å²) in [4.78, 5) is 12.9. The fourth-order valence-electron chi connectivity index (χ4n) is 4.76. The van der Waals surface area contributed by atoms with Gasteiger partial charge in [-0.1, -0.05) is 30.2 Å². The lowest BCUT2D eigenvalue weighted by Crippen LogP contribution is -2.37. The molecule has 0 atom stereocenters. The Bertz CT molecular complexity index is 1250. The van der Waals surface area contributed by atoms with Crippen LogP contribution in [-0.2, 0) is 19.6 Å². The highest BCUT2D eigenvalue weighted by atomic mass is 35.5. The third kappa shape index (κ3) is 4.80. The third-order valence-corrected chi connectivity index (χ3v) is 8.17. The van der Waals surface area contributed by atoms with Crippen molar-refractivity contribution in [3.63, 3.8) is 0 Å². The predicted octanol–water partition coefficient (Wildman–Crippen LogP) is 4.21. The highest BCUT2D eigenvalue weighted by Gasteiger charge is 2.47. The lowest BCUT2D eigenvalue weighted by Gasteiger charge is -2.32. The van der Waals surface area contributed by atoms with Crippen LogP contribution in [0.1, 0.15) is 43.2 Å². The standard InChI is InChI=1S/C25H30ClN3O4S/c1-16-13-20(17-7-6-8-18(14-17)29-34(31,32)12-11-28-2)21(26)15-19(16)22-23(27)25(33-24(22)30)9-4-3-5-10-25/h6-8,13-15,28-29H,3-5,9-12,27H2,1-2H3. The normalized spacial score (nSPS) is 17.8. The first-order valence-electron chi connectivity index (χ1n) is 11.5. The largest absolute Gasteiger partial charge is 0.449 e. The quantitative estimate of drug-likeness (QED) is 0.488. The molecule has 0 bridgehead atoms. The first-order chi connectivity index (χ1) is 16.2. The zero-order valence-electron chi connectivity index (χ0n) is 19.4. The van der Waals surface area contributed by atoms with Gasteiger partial charge in [0.25, 0.3) is 0 Å². The molecule has 0 amide bonds. The topological polar surface area (TPSA) is 111 Å². The number of carbonyl (C=O) groups is 1. The molecule has 182 valence electrons. The van der Waals surface area contributed by atoms with Crippen LogP contribution in [0.4, 0.5) is 5.69 Å². The van der Waals surface area contributed by atoms with Crippen molar-refractivity contribution in [2.45, 2.75) is 44.6 Å². The fraction of sp³-hybridized carbons (Fsp3) is 0.400. The number of ether oxygens (including phenoxy) is 1. The molecule has 0 radical (unpaired) electrons. The molecule has 1 spiro atoms. The monoisotopic (exact) mass is 503 g/mol. The third-order valence-electron chi connectivity index (χ3n) is 6.56. The SMILES string of the molecule is CNCCS(=O)(=O)Nc1cccc(-c2cc(C)c(C3=C(N)C4(CCCCC4)OC3=O)cc2Cl)c1. The van der Waals surface area contributed by atoms with E-state index in [2.05, 4.69) is 10.0 Å². The van der Waals surface area contributed by atoms with E-state index >= 15 is 0 Å². The van der Waals surface area contributed by atoms with Gasteiger partial charge in [-0.25, -0.2) is 13.2 Å². The summed E-state index contributed by atoms with van der Waals surface area (Å²) in [6.07, 6.45) is 4.57. The molecule has 4 rings (SSSR count). The molecule has 2 aromatic rings. The van der Waals surface area contributed by atoms with Gasteiger partial charge in [0.15, 0.2) is 5.60 Å². The van der Waals surface area contributed by atoms with E-state index in [0.29, 0.717) is 34.1 Å². The van der Waals surface area contributed by atoms with E-state index in [4.69, 9.17) is 22.1 Å². The van der Waals surface area contributed by atoms with Gasteiger partial charge in [-0.05, 0) is 80.6 Å². The number of sulfonamides is 1. The average Bonchev–Trinajstić information content (AvgIpc) is 3.03. The minimum absolute atomic E-state index is 0.0313. The Hall–Kier alpha value is -2.55. The van der Waals surface area contributed by atoms with Crippen molar-refractivity contribution in [3.05, 3.63) is 58.2 Å². The highest BCUT2D eigenvalue weighted by Crippen LogP contribution is 2.45. The van der Waals surface area contributed by atoms with Crippen LogP contribution in [0.5, 0.6) is 0 Å². The van der Waals surface area contributed by atoms with Crippen LogP contribution in [-0.4, -0.2) is 39.3 Å². The molecule has 0 saturated heterocycles. The number of esters is 1. The van der Waals surface area contributed by atoms with Crippen LogP contribution in [0.15, 0.2) is 42.1 Å². The maximum absolute atomic E-state index is 12.9. The summed E-state index contributed by atoms with van der Waals surface area (Å²) < 4.78 is 33.0. The molecular formula is C25H30ClN3O4S. The van der Waals surface area contributed by atoms with Gasteiger partial charge < -0.3 is 15.8 Å². The van der Waals surface area contributed by atoms with E-state index in [9.17, 15) is 13.2 Å². The second-order valence-corrected chi connectivity index (χ2v) is 11.2. The molecule has 7 nitrogen and oxygen atoms in total. The van der Waals surface area contributed by atoms with Crippen LogP contribution in [0, 0.1) is 6.92 Å². The van der Waals surface area contributed by atoms with Crippen molar-refractivity contribution in [1.29, 1.82) is 0 Å². The van der Waals surface area contributed by atoms with E-state index in [-0.39, 0.29) is 5.75 Å². The molecule has 0 aromatic heterocycles. The van der Waals surface area contributed by atoms with Gasteiger partial charge >= 0.3 is 5.97 Å². The Kier molecular flexibility index (Phi) is 6.94. The van der Waals surface area contributed by atoms with Gasteiger partial charge in [0.1, 0.15) is 0 Å². The van der Waals surface area contributed by atoms with Crippen LogP contribution in [0.25, 0.3) is 16.7 Å². The fourth-order valence-corrected chi connectivity index (χ4v) is 6.09. The Labute approximate surface area is 205 Å².